The standard InChI is InChI=1S/C13H18N4O/c1-17(2)13(18)16-8-7-15-10-12-6-4-3-5-11(12)9-14/h3-6,15H,7-8,10H2,1-2H3,(H,16,18). The van der Waals surface area contributed by atoms with Crippen molar-refractivity contribution >= 4 is 6.03 Å². The summed E-state index contributed by atoms with van der Waals surface area (Å²) in [5.41, 5.74) is 1.65. The molecule has 2 N–H and O–H groups in total. The Morgan fingerprint density at radius 2 is 2.06 bits per heavy atom. The molecule has 2 amide bonds. The summed E-state index contributed by atoms with van der Waals surface area (Å²) in [4.78, 5) is 12.7. The predicted molar refractivity (Wildman–Crippen MR) is 69.9 cm³/mol. The molecular formula is C13H18N4O. The Bertz CT molecular complexity index is 437. The summed E-state index contributed by atoms with van der Waals surface area (Å²) in [6.07, 6.45) is 0. The molecule has 0 aromatic heterocycles. The molecule has 1 aromatic carbocycles. The van der Waals surface area contributed by atoms with Gasteiger partial charge >= 0.3 is 6.03 Å². The van der Waals surface area contributed by atoms with Gasteiger partial charge in [0.05, 0.1) is 11.6 Å². The third-order valence-corrected chi connectivity index (χ3v) is 2.44. The minimum absolute atomic E-state index is 0.103. The van der Waals surface area contributed by atoms with Gasteiger partial charge in [0, 0.05) is 33.7 Å². The van der Waals surface area contributed by atoms with Gasteiger partial charge in [-0.25, -0.2) is 4.79 Å². The van der Waals surface area contributed by atoms with Crippen molar-refractivity contribution in [2.45, 2.75) is 6.54 Å². The van der Waals surface area contributed by atoms with Crippen LogP contribution in [-0.4, -0.2) is 38.1 Å². The Morgan fingerprint density at radius 3 is 2.72 bits per heavy atom. The van der Waals surface area contributed by atoms with E-state index in [1.807, 2.05) is 18.2 Å². The summed E-state index contributed by atoms with van der Waals surface area (Å²) in [6.45, 7) is 1.85. The molecule has 0 unspecified atom stereocenters. The number of hydrogen-bond acceptors (Lipinski definition) is 3. The number of carbonyl (C=O) groups excluding carboxylic acids is 1. The first-order valence-electron chi connectivity index (χ1n) is 5.79. The second kappa shape index (κ2) is 7.30. The van der Waals surface area contributed by atoms with Crippen LogP contribution in [0.1, 0.15) is 11.1 Å². The predicted octanol–water partition coefficient (Wildman–Crippen LogP) is 0.919. The van der Waals surface area contributed by atoms with E-state index in [4.69, 9.17) is 5.26 Å². The highest BCUT2D eigenvalue weighted by Gasteiger charge is 2.02. The molecule has 96 valence electrons. The van der Waals surface area contributed by atoms with E-state index in [1.165, 1.54) is 4.90 Å². The van der Waals surface area contributed by atoms with Gasteiger partial charge in [-0.05, 0) is 11.6 Å². The Labute approximate surface area is 107 Å². The van der Waals surface area contributed by atoms with Gasteiger partial charge < -0.3 is 15.5 Å². The van der Waals surface area contributed by atoms with Crippen molar-refractivity contribution in [3.63, 3.8) is 0 Å². The Hall–Kier alpha value is -2.06. The van der Waals surface area contributed by atoms with E-state index in [0.29, 0.717) is 25.2 Å². The second-order valence-electron chi connectivity index (χ2n) is 4.07. The van der Waals surface area contributed by atoms with Crippen LogP contribution in [0.4, 0.5) is 4.79 Å². The van der Waals surface area contributed by atoms with Crippen LogP contribution in [-0.2, 0) is 6.54 Å². The molecule has 1 aromatic rings. The number of rotatable bonds is 5. The summed E-state index contributed by atoms with van der Waals surface area (Å²) in [5.74, 6) is 0. The molecule has 0 atom stereocenters. The molecule has 0 aliphatic carbocycles. The van der Waals surface area contributed by atoms with Gasteiger partial charge in [-0.3, -0.25) is 0 Å². The van der Waals surface area contributed by atoms with Gasteiger partial charge in [-0.1, -0.05) is 18.2 Å². The molecular weight excluding hydrogens is 228 g/mol. The smallest absolute Gasteiger partial charge is 0.316 e. The van der Waals surface area contributed by atoms with Crippen LogP contribution < -0.4 is 10.6 Å². The second-order valence-corrected chi connectivity index (χ2v) is 4.07. The molecule has 0 fully saturated rings. The lowest BCUT2D eigenvalue weighted by molar-refractivity contribution is 0.217. The molecule has 0 bridgehead atoms. The zero-order valence-corrected chi connectivity index (χ0v) is 10.7. The van der Waals surface area contributed by atoms with Crippen molar-refractivity contribution < 1.29 is 4.79 Å². The van der Waals surface area contributed by atoms with E-state index in [2.05, 4.69) is 16.7 Å². The highest BCUT2D eigenvalue weighted by atomic mass is 16.2. The first-order valence-corrected chi connectivity index (χ1v) is 5.79. The van der Waals surface area contributed by atoms with Gasteiger partial charge in [-0.15, -0.1) is 0 Å². The largest absolute Gasteiger partial charge is 0.337 e. The fraction of sp³-hybridized carbons (Fsp3) is 0.385. The van der Waals surface area contributed by atoms with E-state index in [-0.39, 0.29) is 6.03 Å². The van der Waals surface area contributed by atoms with Gasteiger partial charge in [0.2, 0.25) is 0 Å². The number of nitrogens with one attached hydrogen (secondary N) is 2. The molecule has 5 nitrogen and oxygen atoms in total. The van der Waals surface area contributed by atoms with E-state index >= 15 is 0 Å². The maximum Gasteiger partial charge on any atom is 0.316 e. The first-order chi connectivity index (χ1) is 8.65. The molecule has 18 heavy (non-hydrogen) atoms. The van der Waals surface area contributed by atoms with Gasteiger partial charge in [-0.2, -0.15) is 5.26 Å². The fourth-order valence-corrected chi connectivity index (χ4v) is 1.42. The average Bonchev–Trinajstić information content (AvgIpc) is 2.38. The van der Waals surface area contributed by atoms with Gasteiger partial charge in [0.1, 0.15) is 0 Å². The quantitative estimate of drug-likeness (QED) is 0.759. The number of carbonyl (C=O) groups is 1. The van der Waals surface area contributed by atoms with Gasteiger partial charge in [0.15, 0.2) is 0 Å². The molecule has 0 heterocycles. The van der Waals surface area contributed by atoms with E-state index in [0.717, 1.165) is 5.56 Å². The number of nitriles is 1. The number of hydrogen-bond donors (Lipinski definition) is 2. The molecule has 5 heteroatoms. The van der Waals surface area contributed by atoms with Crippen LogP contribution in [0.2, 0.25) is 0 Å². The molecule has 0 radical (unpaired) electrons. The zero-order chi connectivity index (χ0) is 13.4. The van der Waals surface area contributed by atoms with Crippen LogP contribution in [0.3, 0.4) is 0 Å². The van der Waals surface area contributed by atoms with Crippen LogP contribution in [0.25, 0.3) is 0 Å². The van der Waals surface area contributed by atoms with Crippen molar-refractivity contribution in [1.29, 1.82) is 5.26 Å². The van der Waals surface area contributed by atoms with E-state index in [9.17, 15) is 4.79 Å². The molecule has 0 spiro atoms. The highest BCUT2D eigenvalue weighted by Crippen LogP contribution is 2.06. The van der Waals surface area contributed by atoms with E-state index < -0.39 is 0 Å². The van der Waals surface area contributed by atoms with Crippen molar-refractivity contribution in [2.24, 2.45) is 0 Å². The average molecular weight is 246 g/mol. The summed E-state index contributed by atoms with van der Waals surface area (Å²) in [7, 11) is 3.40. The first kappa shape index (κ1) is 14.0. The lowest BCUT2D eigenvalue weighted by Crippen LogP contribution is -2.38. The highest BCUT2D eigenvalue weighted by molar-refractivity contribution is 5.73. The van der Waals surface area contributed by atoms with Crippen LogP contribution in [0.15, 0.2) is 24.3 Å². The fourth-order valence-electron chi connectivity index (χ4n) is 1.42. The number of nitrogens with zero attached hydrogens (tertiary/aromatic N) is 2. The summed E-state index contributed by atoms with van der Waals surface area (Å²) in [5, 5.41) is 14.9. The Balaban J connectivity index is 2.26. The zero-order valence-electron chi connectivity index (χ0n) is 10.7. The van der Waals surface area contributed by atoms with Crippen molar-refractivity contribution in [3.05, 3.63) is 35.4 Å². The minimum atomic E-state index is -0.103. The topological polar surface area (TPSA) is 68.2 Å². The minimum Gasteiger partial charge on any atom is -0.337 e. The molecule has 0 saturated carbocycles. The Kier molecular flexibility index (Phi) is 5.68. The monoisotopic (exact) mass is 246 g/mol. The van der Waals surface area contributed by atoms with Gasteiger partial charge in [0.25, 0.3) is 0 Å². The lowest BCUT2D eigenvalue weighted by Gasteiger charge is -2.12. The van der Waals surface area contributed by atoms with Crippen LogP contribution >= 0.6 is 0 Å². The van der Waals surface area contributed by atoms with Crippen molar-refractivity contribution in [2.75, 3.05) is 27.2 Å². The SMILES string of the molecule is CN(C)C(=O)NCCNCc1ccccc1C#N. The lowest BCUT2D eigenvalue weighted by atomic mass is 10.1. The number of amides is 2. The third kappa shape index (κ3) is 4.44. The maximum atomic E-state index is 11.2. The molecule has 0 aliphatic rings. The van der Waals surface area contributed by atoms with Crippen molar-refractivity contribution in [3.8, 4) is 6.07 Å². The molecule has 0 saturated heterocycles. The number of benzene rings is 1. The summed E-state index contributed by atoms with van der Waals surface area (Å²) >= 11 is 0. The molecule has 0 aliphatic heterocycles. The normalized spacial score (nSPS) is 9.61. The third-order valence-electron chi connectivity index (χ3n) is 2.44. The van der Waals surface area contributed by atoms with E-state index in [1.54, 1.807) is 20.2 Å². The van der Waals surface area contributed by atoms with Crippen molar-refractivity contribution in [1.82, 2.24) is 15.5 Å². The van der Waals surface area contributed by atoms with Crippen LogP contribution in [0, 0.1) is 11.3 Å². The summed E-state index contributed by atoms with van der Waals surface area (Å²) < 4.78 is 0. The maximum absolute atomic E-state index is 11.2. The number of urea groups is 1. The summed E-state index contributed by atoms with van der Waals surface area (Å²) in [6, 6.07) is 9.52. The molecule has 1 rings (SSSR count). The Morgan fingerprint density at radius 1 is 1.33 bits per heavy atom. The van der Waals surface area contributed by atoms with Crippen LogP contribution in [0.5, 0.6) is 0 Å².